The van der Waals surface area contributed by atoms with Gasteiger partial charge in [0.25, 0.3) is 0 Å². The van der Waals surface area contributed by atoms with E-state index in [0.29, 0.717) is 0 Å². The van der Waals surface area contributed by atoms with Gasteiger partial charge in [0.15, 0.2) is 0 Å². The lowest BCUT2D eigenvalue weighted by Gasteiger charge is -2.02. The molecule has 0 rings (SSSR count). The topological polar surface area (TPSA) is 26.0 Å². The van der Waals surface area contributed by atoms with Crippen molar-refractivity contribution >= 4 is 0 Å². The van der Waals surface area contributed by atoms with Crippen molar-refractivity contribution < 1.29 is 23.5 Å². The highest BCUT2D eigenvalue weighted by atomic mass is 19.0. The molecule has 0 bridgehead atoms. The highest BCUT2D eigenvalue weighted by Gasteiger charge is 1.93. The molecule has 0 aliphatic carbocycles. The van der Waals surface area contributed by atoms with Crippen molar-refractivity contribution in [2.75, 3.05) is 6.54 Å². The Bertz CT molecular complexity index is 126. The van der Waals surface area contributed by atoms with Crippen molar-refractivity contribution in [3.8, 4) is 0 Å². The molecule has 0 aromatic carbocycles. The van der Waals surface area contributed by atoms with Crippen LogP contribution in [0.2, 0.25) is 0 Å². The van der Waals surface area contributed by atoms with Crippen LogP contribution in [0, 0.1) is 0 Å². The third-order valence-corrected chi connectivity index (χ3v) is 3.56. The fourth-order valence-corrected chi connectivity index (χ4v) is 2.34. The van der Waals surface area contributed by atoms with E-state index in [-0.39, 0.29) is 23.5 Å². The van der Waals surface area contributed by atoms with Crippen LogP contribution in [0.4, 0.5) is 23.5 Å². The van der Waals surface area contributed by atoms with Gasteiger partial charge >= 0.3 is 0 Å². The average Bonchev–Trinajstić information content (AvgIpc) is 2.35. The number of hydrogen-bond donors (Lipinski definition) is 1. The molecule has 0 aromatic rings. The van der Waals surface area contributed by atoms with Crippen molar-refractivity contribution in [1.29, 1.82) is 0 Å². The summed E-state index contributed by atoms with van der Waals surface area (Å²) >= 11 is 0. The van der Waals surface area contributed by atoms with Gasteiger partial charge in [-0.15, -0.1) is 0 Å². The molecule has 1 nitrogen and oxygen atoms in total. The second kappa shape index (κ2) is 37.1. The third-order valence-electron chi connectivity index (χ3n) is 3.56. The maximum Gasteiger partial charge on any atom is -0.00773 e. The predicted octanol–water partition coefficient (Wildman–Crippen LogP) is 6.19. The Labute approximate surface area is 133 Å². The van der Waals surface area contributed by atoms with Crippen molar-refractivity contribution in [2.45, 2.75) is 96.8 Å². The lowest BCUT2D eigenvalue weighted by atomic mass is 10.0. The lowest BCUT2D eigenvalue weighted by Crippen LogP contribution is -1.97. The van der Waals surface area contributed by atoms with Gasteiger partial charge in [-0.1, -0.05) is 90.4 Å². The highest BCUT2D eigenvalue weighted by Crippen LogP contribution is 2.12. The van der Waals surface area contributed by atoms with Crippen molar-refractivity contribution in [3.05, 3.63) is 0 Å². The van der Waals surface area contributed by atoms with Gasteiger partial charge in [0.1, 0.15) is 0 Å². The minimum Gasteiger partial charge on any atom is -0.330 e. The van der Waals surface area contributed by atoms with E-state index < -0.39 is 0 Å². The highest BCUT2D eigenvalue weighted by molar-refractivity contribution is 4.49. The van der Waals surface area contributed by atoms with Crippen molar-refractivity contribution in [2.24, 2.45) is 5.73 Å². The number of unbranched alkanes of at least 4 members (excludes halogenated alkanes) is 13. The third kappa shape index (κ3) is 36.7. The second-order valence-corrected chi connectivity index (χ2v) is 5.38. The average molecular weight is 341 g/mol. The summed E-state index contributed by atoms with van der Waals surface area (Å²) in [4.78, 5) is 0. The van der Waals surface area contributed by atoms with Gasteiger partial charge in [-0.05, 0) is 13.0 Å². The van der Waals surface area contributed by atoms with Gasteiger partial charge in [0.2, 0.25) is 0 Å². The Hall–Kier alpha value is -0.390. The molecular weight excluding hydrogens is 301 g/mol. The van der Waals surface area contributed by atoms with Gasteiger partial charge in [0.05, 0.1) is 0 Å². The number of hydrogen-bond acceptors (Lipinski definition) is 1. The van der Waals surface area contributed by atoms with E-state index in [0.717, 1.165) is 6.54 Å². The minimum absolute atomic E-state index is 0. The summed E-state index contributed by atoms with van der Waals surface area (Å²) in [5, 5.41) is 0. The molecule has 0 heterocycles. The van der Waals surface area contributed by atoms with Gasteiger partial charge in [0, 0.05) is 0 Å². The molecule has 0 aromatic heterocycles. The van der Waals surface area contributed by atoms with E-state index in [4.69, 9.17) is 5.73 Å². The summed E-state index contributed by atoms with van der Waals surface area (Å²) in [7, 11) is 0. The van der Waals surface area contributed by atoms with E-state index in [9.17, 15) is 0 Å². The van der Waals surface area contributed by atoms with Crippen LogP contribution < -0.4 is 5.73 Å². The first kappa shape index (κ1) is 37.7. The molecule has 0 spiro atoms. The summed E-state index contributed by atoms with van der Waals surface area (Å²) in [6.07, 6.45) is 19.9. The van der Waals surface area contributed by atoms with Crippen LogP contribution in [0.3, 0.4) is 0 Å². The quantitative estimate of drug-likeness (QED) is 0.296. The van der Waals surface area contributed by atoms with Crippen molar-refractivity contribution in [3.63, 3.8) is 0 Å². The number of rotatable bonds is 14. The molecule has 22 heavy (non-hydrogen) atoms. The number of halogens is 5. The van der Waals surface area contributed by atoms with Crippen LogP contribution in [0.15, 0.2) is 0 Å². The molecule has 144 valence electrons. The smallest absolute Gasteiger partial charge is 0.00773 e. The van der Waals surface area contributed by atoms with E-state index in [1.165, 1.54) is 89.9 Å². The zero-order valence-electron chi connectivity index (χ0n) is 14.2. The van der Waals surface area contributed by atoms with E-state index >= 15 is 0 Å². The monoisotopic (exact) mass is 341 g/mol. The summed E-state index contributed by atoms with van der Waals surface area (Å²) in [5.41, 5.74) is 5.47. The molecule has 0 aliphatic heterocycles. The predicted molar refractivity (Wildman–Crippen MR) is 91.9 cm³/mol. The van der Waals surface area contributed by atoms with E-state index in [1.54, 1.807) is 0 Å². The van der Waals surface area contributed by atoms with Crippen LogP contribution in [0.5, 0.6) is 0 Å². The maximum atomic E-state index is 5.47. The summed E-state index contributed by atoms with van der Waals surface area (Å²) in [5.74, 6) is 0. The maximum absolute atomic E-state index is 5.47. The SMILES string of the molecule is CCCCCCCCCCCCCCCCN.F.F.F.F.F. The van der Waals surface area contributed by atoms with E-state index in [2.05, 4.69) is 6.92 Å². The molecule has 2 N–H and O–H groups in total. The Morgan fingerprint density at radius 1 is 0.409 bits per heavy atom. The second-order valence-electron chi connectivity index (χ2n) is 5.38. The molecule has 0 atom stereocenters. The first-order chi connectivity index (χ1) is 8.41. The fraction of sp³-hybridized carbons (Fsp3) is 1.00. The normalized spacial score (nSPS) is 8.45. The molecule has 0 amide bonds. The fourth-order valence-electron chi connectivity index (χ4n) is 2.34. The standard InChI is InChI=1S/C16H35N.5FH/c1-2-3-4-5-6-7-8-9-10-11-12-13-14-15-16-17;;;;;/h2-17H2,1H3;5*1H. The molecule has 6 heteroatoms. The minimum atomic E-state index is 0. The zero-order valence-corrected chi connectivity index (χ0v) is 14.2. The molecular formula is C16H40F5N. The van der Waals surface area contributed by atoms with Gasteiger partial charge < -0.3 is 5.73 Å². The molecule has 0 saturated heterocycles. The summed E-state index contributed by atoms with van der Waals surface area (Å²) in [6.45, 7) is 3.16. The molecule has 0 radical (unpaired) electrons. The van der Waals surface area contributed by atoms with Crippen molar-refractivity contribution in [1.82, 2.24) is 0 Å². The Morgan fingerprint density at radius 2 is 0.636 bits per heavy atom. The lowest BCUT2D eigenvalue weighted by molar-refractivity contribution is 0.536. The molecule has 0 unspecified atom stereocenters. The van der Waals surface area contributed by atoms with E-state index in [1.807, 2.05) is 0 Å². The first-order valence-corrected chi connectivity index (χ1v) is 8.12. The van der Waals surface area contributed by atoms with Gasteiger partial charge in [-0.3, -0.25) is 23.5 Å². The Morgan fingerprint density at radius 3 is 0.864 bits per heavy atom. The molecule has 0 saturated carbocycles. The Kier molecular flexibility index (Phi) is 63.6. The van der Waals surface area contributed by atoms with Crippen LogP contribution in [0.1, 0.15) is 96.8 Å². The van der Waals surface area contributed by atoms with Crippen LogP contribution in [-0.4, -0.2) is 6.54 Å². The molecule has 0 aliphatic rings. The Balaban J connectivity index is -0.000000128. The zero-order chi connectivity index (χ0) is 12.6. The summed E-state index contributed by atoms with van der Waals surface area (Å²) < 4.78 is 0. The van der Waals surface area contributed by atoms with Crippen LogP contribution >= 0.6 is 0 Å². The van der Waals surface area contributed by atoms with Gasteiger partial charge in [-0.25, -0.2) is 0 Å². The van der Waals surface area contributed by atoms with Gasteiger partial charge in [-0.2, -0.15) is 0 Å². The largest absolute Gasteiger partial charge is 0.330 e. The number of nitrogens with two attached hydrogens (primary N) is 1. The van der Waals surface area contributed by atoms with Crippen LogP contribution in [0.25, 0.3) is 0 Å². The molecule has 0 fully saturated rings. The summed E-state index contributed by atoms with van der Waals surface area (Å²) in [6, 6.07) is 0. The first-order valence-electron chi connectivity index (χ1n) is 8.12. The van der Waals surface area contributed by atoms with Crippen LogP contribution in [-0.2, 0) is 0 Å².